The summed E-state index contributed by atoms with van der Waals surface area (Å²) in [6, 6.07) is 15.7. The topological polar surface area (TPSA) is 72.8 Å². The zero-order valence-electron chi connectivity index (χ0n) is 17.9. The predicted molar refractivity (Wildman–Crippen MR) is 117 cm³/mol. The maximum absolute atomic E-state index is 13.1. The molecule has 30 heavy (non-hydrogen) atoms. The van der Waals surface area contributed by atoms with Crippen LogP contribution in [0.25, 0.3) is 11.3 Å². The summed E-state index contributed by atoms with van der Waals surface area (Å²) in [5.74, 6) is 1.67. The maximum Gasteiger partial charge on any atom is 0.253 e. The highest BCUT2D eigenvalue weighted by Gasteiger charge is 2.32. The molecule has 1 aliphatic rings. The van der Waals surface area contributed by atoms with Gasteiger partial charge in [-0.3, -0.25) is 4.79 Å². The van der Waals surface area contributed by atoms with Crippen LogP contribution in [-0.2, 0) is 0 Å². The van der Waals surface area contributed by atoms with Crippen LogP contribution in [0.2, 0.25) is 0 Å². The van der Waals surface area contributed by atoms with Crippen LogP contribution >= 0.6 is 0 Å². The van der Waals surface area contributed by atoms with E-state index < -0.39 is 0 Å². The molecule has 4 rings (SSSR count). The van der Waals surface area contributed by atoms with Crippen LogP contribution < -0.4 is 0 Å². The molecule has 1 fully saturated rings. The standard InChI is InChI=1S/C25H26N4O/c1-15(2)24-27-17(4)23(28-24)22-11-20(8-5-16(22)3)25(30)29-13-21(14-29)19-9-6-18(12-26)7-10-19/h5-11,15,21H,13-14H2,1-4H3,(H,27,28). The summed E-state index contributed by atoms with van der Waals surface area (Å²) in [6.45, 7) is 9.71. The number of amides is 1. The molecule has 0 unspecified atom stereocenters. The Morgan fingerprint density at radius 1 is 1.17 bits per heavy atom. The summed E-state index contributed by atoms with van der Waals surface area (Å²) < 4.78 is 0. The van der Waals surface area contributed by atoms with Gasteiger partial charge in [0.15, 0.2) is 0 Å². The third-order valence-electron chi connectivity index (χ3n) is 5.87. The van der Waals surface area contributed by atoms with Crippen molar-refractivity contribution < 1.29 is 4.79 Å². The number of carbonyl (C=O) groups is 1. The van der Waals surface area contributed by atoms with E-state index in [1.165, 1.54) is 5.56 Å². The number of hydrogen-bond donors (Lipinski definition) is 1. The largest absolute Gasteiger partial charge is 0.345 e. The Morgan fingerprint density at radius 3 is 2.47 bits per heavy atom. The van der Waals surface area contributed by atoms with Gasteiger partial charge in [0.1, 0.15) is 5.82 Å². The van der Waals surface area contributed by atoms with Gasteiger partial charge >= 0.3 is 0 Å². The van der Waals surface area contributed by atoms with Gasteiger partial charge in [-0.1, -0.05) is 32.0 Å². The van der Waals surface area contributed by atoms with Crippen LogP contribution in [0.3, 0.4) is 0 Å². The highest BCUT2D eigenvalue weighted by Crippen LogP contribution is 2.31. The molecular formula is C25H26N4O. The van der Waals surface area contributed by atoms with Crippen molar-refractivity contribution in [3.8, 4) is 17.3 Å². The van der Waals surface area contributed by atoms with Crippen molar-refractivity contribution in [2.45, 2.75) is 39.5 Å². The van der Waals surface area contributed by atoms with Gasteiger partial charge in [-0.05, 0) is 49.2 Å². The van der Waals surface area contributed by atoms with Gasteiger partial charge in [-0.2, -0.15) is 5.26 Å². The second-order valence-corrected chi connectivity index (χ2v) is 8.42. The van der Waals surface area contributed by atoms with Crippen molar-refractivity contribution in [3.05, 3.63) is 76.2 Å². The summed E-state index contributed by atoms with van der Waals surface area (Å²) in [4.78, 5) is 23.1. The molecule has 1 aliphatic heterocycles. The van der Waals surface area contributed by atoms with Gasteiger partial charge in [0.2, 0.25) is 0 Å². The summed E-state index contributed by atoms with van der Waals surface area (Å²) in [5, 5.41) is 8.94. The first-order chi connectivity index (χ1) is 14.4. The number of imidazole rings is 1. The Morgan fingerprint density at radius 2 is 1.87 bits per heavy atom. The molecule has 1 saturated heterocycles. The van der Waals surface area contributed by atoms with E-state index in [9.17, 15) is 4.79 Å². The maximum atomic E-state index is 13.1. The van der Waals surface area contributed by atoms with Crippen molar-refractivity contribution >= 4 is 5.91 Å². The molecular weight excluding hydrogens is 372 g/mol. The molecule has 1 N–H and O–H groups in total. The highest BCUT2D eigenvalue weighted by atomic mass is 16.2. The molecule has 152 valence electrons. The van der Waals surface area contributed by atoms with Crippen molar-refractivity contribution in [2.75, 3.05) is 13.1 Å². The Balaban J connectivity index is 1.52. The summed E-state index contributed by atoms with van der Waals surface area (Å²) in [5.41, 5.74) is 6.59. The Labute approximate surface area is 177 Å². The van der Waals surface area contributed by atoms with Gasteiger partial charge < -0.3 is 9.88 Å². The van der Waals surface area contributed by atoms with E-state index in [0.717, 1.165) is 28.3 Å². The second-order valence-electron chi connectivity index (χ2n) is 8.42. The lowest BCUT2D eigenvalue weighted by Crippen LogP contribution is -2.48. The molecule has 0 radical (unpaired) electrons. The van der Waals surface area contributed by atoms with E-state index in [0.29, 0.717) is 36.1 Å². The Hall–Kier alpha value is -3.39. The van der Waals surface area contributed by atoms with E-state index in [2.05, 4.69) is 31.8 Å². The van der Waals surface area contributed by atoms with E-state index in [-0.39, 0.29) is 5.91 Å². The fraction of sp³-hybridized carbons (Fsp3) is 0.320. The normalized spacial score (nSPS) is 13.9. The summed E-state index contributed by atoms with van der Waals surface area (Å²) in [7, 11) is 0. The van der Waals surface area contributed by atoms with Crippen molar-refractivity contribution in [3.63, 3.8) is 0 Å². The third kappa shape index (κ3) is 3.61. The minimum Gasteiger partial charge on any atom is -0.345 e. The quantitative estimate of drug-likeness (QED) is 0.677. The fourth-order valence-electron chi connectivity index (χ4n) is 3.90. The monoisotopic (exact) mass is 398 g/mol. The summed E-state index contributed by atoms with van der Waals surface area (Å²) in [6.07, 6.45) is 0. The number of carbonyl (C=O) groups excluding carboxylic acids is 1. The fourth-order valence-corrected chi connectivity index (χ4v) is 3.90. The Bertz CT molecular complexity index is 1130. The lowest BCUT2D eigenvalue weighted by molar-refractivity contribution is 0.0602. The molecule has 0 bridgehead atoms. The number of aryl methyl sites for hydroxylation is 2. The number of nitriles is 1. The van der Waals surface area contributed by atoms with Gasteiger partial charge in [0, 0.05) is 41.7 Å². The molecule has 5 heteroatoms. The lowest BCUT2D eigenvalue weighted by Gasteiger charge is -2.39. The zero-order chi connectivity index (χ0) is 21.4. The van der Waals surface area contributed by atoms with Crippen LogP contribution in [0.1, 0.15) is 64.2 Å². The smallest absolute Gasteiger partial charge is 0.253 e. The molecule has 3 aromatic rings. The van der Waals surface area contributed by atoms with Gasteiger partial charge in [0.05, 0.1) is 17.3 Å². The Kier molecular flexibility index (Phi) is 5.17. The molecule has 2 aromatic carbocycles. The highest BCUT2D eigenvalue weighted by molar-refractivity contribution is 5.96. The van der Waals surface area contributed by atoms with Crippen LogP contribution in [0, 0.1) is 25.2 Å². The first-order valence-corrected chi connectivity index (χ1v) is 10.3. The zero-order valence-corrected chi connectivity index (χ0v) is 17.9. The number of nitrogens with zero attached hydrogens (tertiary/aromatic N) is 3. The minimum absolute atomic E-state index is 0.0541. The van der Waals surface area contributed by atoms with Crippen LogP contribution in [-0.4, -0.2) is 33.9 Å². The minimum atomic E-state index is 0.0541. The summed E-state index contributed by atoms with van der Waals surface area (Å²) >= 11 is 0. The number of H-pyrrole nitrogens is 1. The number of nitrogens with one attached hydrogen (secondary N) is 1. The van der Waals surface area contributed by atoms with Gasteiger partial charge in [-0.15, -0.1) is 0 Å². The molecule has 0 spiro atoms. The molecule has 1 amide bonds. The second kappa shape index (κ2) is 7.79. The number of likely N-dealkylation sites (tertiary alicyclic amines) is 1. The van der Waals surface area contributed by atoms with Crippen LogP contribution in [0.4, 0.5) is 0 Å². The van der Waals surface area contributed by atoms with Crippen molar-refractivity contribution in [2.24, 2.45) is 0 Å². The molecule has 5 nitrogen and oxygen atoms in total. The molecule has 0 atom stereocenters. The predicted octanol–water partition coefficient (Wildman–Crippen LogP) is 4.93. The van der Waals surface area contributed by atoms with Gasteiger partial charge in [-0.25, -0.2) is 4.98 Å². The van der Waals surface area contributed by atoms with E-state index >= 15 is 0 Å². The number of aromatic nitrogens is 2. The first-order valence-electron chi connectivity index (χ1n) is 10.3. The van der Waals surface area contributed by atoms with Crippen LogP contribution in [0.15, 0.2) is 42.5 Å². The van der Waals surface area contributed by atoms with Crippen LogP contribution in [0.5, 0.6) is 0 Å². The van der Waals surface area contributed by atoms with Crippen molar-refractivity contribution in [1.29, 1.82) is 5.26 Å². The molecule has 1 aromatic heterocycles. The molecule has 0 aliphatic carbocycles. The van der Waals surface area contributed by atoms with E-state index in [4.69, 9.17) is 10.2 Å². The SMILES string of the molecule is Cc1ccc(C(=O)N2CC(c3ccc(C#N)cc3)C2)cc1-c1nc(C(C)C)[nH]c1C. The van der Waals surface area contributed by atoms with E-state index in [1.54, 1.807) is 0 Å². The number of rotatable bonds is 4. The van der Waals surface area contributed by atoms with E-state index in [1.807, 2.05) is 54.3 Å². The average Bonchev–Trinajstić information content (AvgIpc) is 3.09. The third-order valence-corrected chi connectivity index (χ3v) is 5.87. The molecule has 2 heterocycles. The first kappa shape index (κ1) is 19.9. The number of hydrogen-bond acceptors (Lipinski definition) is 3. The lowest BCUT2D eigenvalue weighted by atomic mass is 9.90. The molecule has 0 saturated carbocycles. The average molecular weight is 399 g/mol. The van der Waals surface area contributed by atoms with Gasteiger partial charge in [0.25, 0.3) is 5.91 Å². The number of benzene rings is 2. The number of aromatic amines is 1. The van der Waals surface area contributed by atoms with Crippen molar-refractivity contribution in [1.82, 2.24) is 14.9 Å².